The minimum absolute atomic E-state index is 0.291. The number of carboxylic acid groups (broad SMARTS) is 1. The lowest BCUT2D eigenvalue weighted by Gasteiger charge is -2.02. The van der Waals surface area contributed by atoms with E-state index in [1.54, 1.807) is 11.3 Å². The predicted octanol–water partition coefficient (Wildman–Crippen LogP) is 4.80. The number of aryl methyl sites for hydroxylation is 1. The molecule has 0 bridgehead atoms. The first-order valence-electron chi connectivity index (χ1n) is 5.82. The van der Waals surface area contributed by atoms with Crippen LogP contribution >= 0.6 is 38.6 Å². The number of hydrogen-bond donors (Lipinski definition) is 1. The minimum atomic E-state index is -0.922. The maximum absolute atomic E-state index is 11.2. The first-order chi connectivity index (χ1) is 9.10. The van der Waals surface area contributed by atoms with Crippen molar-refractivity contribution in [3.63, 3.8) is 0 Å². The molecule has 0 unspecified atom stereocenters. The summed E-state index contributed by atoms with van der Waals surface area (Å²) >= 11 is 6.27. The van der Waals surface area contributed by atoms with Crippen LogP contribution in [-0.4, -0.2) is 11.1 Å². The lowest BCUT2D eigenvalue weighted by molar-refractivity contribution is 0.0697. The van der Waals surface area contributed by atoms with E-state index in [0.717, 1.165) is 27.1 Å². The summed E-state index contributed by atoms with van der Waals surface area (Å²) < 4.78 is 6.66. The van der Waals surface area contributed by atoms with E-state index in [4.69, 9.17) is 4.74 Å². The highest BCUT2D eigenvalue weighted by Gasteiger charge is 2.16. The average molecular weight is 361 g/mol. The Morgan fingerprint density at radius 2 is 2.21 bits per heavy atom. The van der Waals surface area contributed by atoms with Crippen LogP contribution in [0.25, 0.3) is 0 Å². The fraction of sp³-hybridized carbons (Fsp3) is 0.308. The third-order valence-corrected chi connectivity index (χ3v) is 5.27. The Kier molecular flexibility index (Phi) is 5.01. The van der Waals surface area contributed by atoms with Crippen LogP contribution in [0.5, 0.6) is 5.75 Å². The fourth-order valence-corrected chi connectivity index (χ4v) is 4.03. The molecule has 6 heteroatoms. The van der Waals surface area contributed by atoms with Crippen molar-refractivity contribution in [1.29, 1.82) is 0 Å². The van der Waals surface area contributed by atoms with Gasteiger partial charge in [0.1, 0.15) is 12.4 Å². The average Bonchev–Trinajstić information content (AvgIpc) is 2.93. The molecule has 0 spiro atoms. The van der Waals surface area contributed by atoms with E-state index in [0.29, 0.717) is 17.2 Å². The van der Waals surface area contributed by atoms with Gasteiger partial charge in [0, 0.05) is 19.6 Å². The summed E-state index contributed by atoms with van der Waals surface area (Å²) in [5, 5.41) is 11.2. The van der Waals surface area contributed by atoms with Crippen molar-refractivity contribution < 1.29 is 14.6 Å². The molecule has 0 aliphatic carbocycles. The molecule has 0 atom stereocenters. The highest BCUT2D eigenvalue weighted by molar-refractivity contribution is 9.10. The number of thiophene rings is 2. The summed E-state index contributed by atoms with van der Waals surface area (Å²) in [6.07, 6.45) is 1.88. The minimum Gasteiger partial charge on any atom is -0.486 e. The molecule has 2 aromatic heterocycles. The second-order valence-corrected chi connectivity index (χ2v) is 7.03. The summed E-state index contributed by atoms with van der Waals surface area (Å²) in [5.41, 5.74) is 0. The summed E-state index contributed by atoms with van der Waals surface area (Å²) in [4.78, 5) is 13.6. The summed E-state index contributed by atoms with van der Waals surface area (Å²) in [6.45, 7) is 2.47. The monoisotopic (exact) mass is 360 g/mol. The van der Waals surface area contributed by atoms with Crippen LogP contribution in [0.4, 0.5) is 0 Å². The lowest BCUT2D eigenvalue weighted by atomic mass is 10.3. The zero-order valence-corrected chi connectivity index (χ0v) is 13.5. The first kappa shape index (κ1) is 14.6. The van der Waals surface area contributed by atoms with E-state index >= 15 is 0 Å². The van der Waals surface area contributed by atoms with Crippen molar-refractivity contribution in [2.45, 2.75) is 26.4 Å². The van der Waals surface area contributed by atoms with Crippen LogP contribution in [-0.2, 0) is 13.0 Å². The van der Waals surface area contributed by atoms with Crippen LogP contribution < -0.4 is 4.74 Å². The van der Waals surface area contributed by atoms with Crippen molar-refractivity contribution in [2.24, 2.45) is 0 Å². The molecule has 0 aliphatic heterocycles. The van der Waals surface area contributed by atoms with Gasteiger partial charge in [-0.15, -0.1) is 22.7 Å². The molecule has 0 aromatic carbocycles. The normalized spacial score (nSPS) is 10.6. The van der Waals surface area contributed by atoms with Gasteiger partial charge >= 0.3 is 5.97 Å². The van der Waals surface area contributed by atoms with E-state index in [2.05, 4.69) is 22.9 Å². The molecule has 0 saturated carbocycles. The van der Waals surface area contributed by atoms with E-state index in [9.17, 15) is 9.90 Å². The quantitative estimate of drug-likeness (QED) is 0.804. The first-order valence-corrected chi connectivity index (χ1v) is 8.30. The van der Waals surface area contributed by atoms with Gasteiger partial charge in [-0.3, -0.25) is 0 Å². The molecule has 1 N–H and O–H groups in total. The van der Waals surface area contributed by atoms with E-state index in [-0.39, 0.29) is 0 Å². The standard InChI is InChI=1S/C13H13BrO3S2/c1-2-3-9-5-11(12(19-9)13(15)16)17-6-10-4-8(14)7-18-10/h4-5,7H,2-3,6H2,1H3,(H,15,16). The van der Waals surface area contributed by atoms with Crippen molar-refractivity contribution >= 4 is 44.6 Å². The molecule has 102 valence electrons. The van der Waals surface area contributed by atoms with Crippen LogP contribution in [0.2, 0.25) is 0 Å². The highest BCUT2D eigenvalue weighted by atomic mass is 79.9. The Hall–Kier alpha value is -0.850. The van der Waals surface area contributed by atoms with Gasteiger partial charge in [-0.05, 0) is 34.5 Å². The summed E-state index contributed by atoms with van der Waals surface area (Å²) in [5.74, 6) is -0.444. The van der Waals surface area contributed by atoms with Gasteiger partial charge in [0.15, 0.2) is 4.88 Å². The second kappa shape index (κ2) is 6.54. The Bertz CT molecular complexity index is 574. The molecule has 0 fully saturated rings. The van der Waals surface area contributed by atoms with Crippen molar-refractivity contribution in [3.05, 3.63) is 36.6 Å². The highest BCUT2D eigenvalue weighted by Crippen LogP contribution is 2.31. The Morgan fingerprint density at radius 1 is 1.42 bits per heavy atom. The van der Waals surface area contributed by atoms with Crippen molar-refractivity contribution in [3.8, 4) is 5.75 Å². The number of rotatable bonds is 6. The van der Waals surface area contributed by atoms with Gasteiger partial charge in [-0.25, -0.2) is 4.79 Å². The zero-order chi connectivity index (χ0) is 13.8. The summed E-state index contributed by atoms with van der Waals surface area (Å²) in [6, 6.07) is 3.82. The number of carbonyl (C=O) groups is 1. The number of aromatic carboxylic acids is 1. The van der Waals surface area contributed by atoms with Gasteiger partial charge in [0.2, 0.25) is 0 Å². The third-order valence-electron chi connectivity index (χ3n) is 2.43. The second-order valence-electron chi connectivity index (χ2n) is 3.98. The smallest absolute Gasteiger partial charge is 0.349 e. The van der Waals surface area contributed by atoms with Gasteiger partial charge in [0.25, 0.3) is 0 Å². The predicted molar refractivity (Wildman–Crippen MR) is 81.6 cm³/mol. The maximum Gasteiger partial charge on any atom is 0.349 e. The molecule has 2 aromatic rings. The van der Waals surface area contributed by atoms with E-state index in [1.165, 1.54) is 11.3 Å². The van der Waals surface area contributed by atoms with Crippen LogP contribution in [0.15, 0.2) is 22.0 Å². The van der Waals surface area contributed by atoms with E-state index in [1.807, 2.05) is 17.5 Å². The van der Waals surface area contributed by atoms with Crippen LogP contribution in [0, 0.1) is 0 Å². The molecular formula is C13H13BrO3S2. The molecule has 0 radical (unpaired) electrons. The fourth-order valence-electron chi connectivity index (χ4n) is 1.63. The number of halogens is 1. The van der Waals surface area contributed by atoms with Gasteiger partial charge < -0.3 is 9.84 Å². The SMILES string of the molecule is CCCc1cc(OCc2cc(Br)cs2)c(C(=O)O)s1. The number of ether oxygens (including phenoxy) is 1. The van der Waals surface area contributed by atoms with Crippen molar-refractivity contribution in [2.75, 3.05) is 0 Å². The zero-order valence-electron chi connectivity index (χ0n) is 10.3. The molecule has 0 saturated heterocycles. The van der Waals surface area contributed by atoms with Gasteiger partial charge in [0.05, 0.1) is 0 Å². The molecule has 2 heterocycles. The molecule has 0 aliphatic rings. The Labute approximate surface area is 128 Å². The maximum atomic E-state index is 11.2. The topological polar surface area (TPSA) is 46.5 Å². The Balaban J connectivity index is 2.11. The summed E-state index contributed by atoms with van der Waals surface area (Å²) in [7, 11) is 0. The van der Waals surface area contributed by atoms with Crippen LogP contribution in [0.1, 0.15) is 32.8 Å². The van der Waals surface area contributed by atoms with Gasteiger partial charge in [-0.2, -0.15) is 0 Å². The molecule has 2 rings (SSSR count). The molecule has 3 nitrogen and oxygen atoms in total. The van der Waals surface area contributed by atoms with Crippen molar-refractivity contribution in [1.82, 2.24) is 0 Å². The molecule has 0 amide bonds. The lowest BCUT2D eigenvalue weighted by Crippen LogP contribution is -1.98. The van der Waals surface area contributed by atoms with Crippen LogP contribution in [0.3, 0.4) is 0 Å². The Morgan fingerprint density at radius 3 is 2.79 bits per heavy atom. The largest absolute Gasteiger partial charge is 0.486 e. The number of hydrogen-bond acceptors (Lipinski definition) is 4. The molecular weight excluding hydrogens is 348 g/mol. The van der Waals surface area contributed by atoms with Gasteiger partial charge in [-0.1, -0.05) is 13.3 Å². The molecule has 19 heavy (non-hydrogen) atoms. The van der Waals surface area contributed by atoms with E-state index < -0.39 is 5.97 Å². The third kappa shape index (κ3) is 3.81. The number of carboxylic acids is 1.